The molecule has 0 fully saturated rings. The first-order chi connectivity index (χ1) is 9.60. The minimum absolute atomic E-state index is 0.0375. The molecule has 0 aliphatic rings. The van der Waals surface area contributed by atoms with Crippen molar-refractivity contribution in [2.24, 2.45) is 0 Å². The molecule has 0 radical (unpaired) electrons. The molecular formula is C16H12FNO2. The molecule has 0 N–H and O–H groups in total. The van der Waals surface area contributed by atoms with Crippen molar-refractivity contribution >= 4 is 5.78 Å². The molecule has 0 spiro atoms. The third-order valence-electron chi connectivity index (χ3n) is 2.79. The van der Waals surface area contributed by atoms with Crippen LogP contribution in [0.5, 0.6) is 5.75 Å². The average Bonchev–Trinajstić information content (AvgIpc) is 2.46. The van der Waals surface area contributed by atoms with Crippen LogP contribution in [-0.4, -0.2) is 12.4 Å². The molecule has 4 heteroatoms. The Hall–Kier alpha value is -2.67. The van der Waals surface area contributed by atoms with E-state index in [9.17, 15) is 9.18 Å². The molecule has 2 aromatic carbocycles. The van der Waals surface area contributed by atoms with Crippen molar-refractivity contribution in [3.63, 3.8) is 0 Å². The van der Waals surface area contributed by atoms with E-state index in [1.807, 2.05) is 25.1 Å². The van der Waals surface area contributed by atoms with Crippen LogP contribution in [0.3, 0.4) is 0 Å². The molecule has 0 unspecified atom stereocenters. The number of ether oxygens (including phenoxy) is 1. The summed E-state index contributed by atoms with van der Waals surface area (Å²) in [4.78, 5) is 11.9. The Morgan fingerprint density at radius 2 is 1.95 bits per heavy atom. The van der Waals surface area contributed by atoms with Gasteiger partial charge in [-0.25, -0.2) is 4.39 Å². The fraction of sp³-hybridized carbons (Fsp3) is 0.125. The molecule has 0 aromatic heterocycles. The van der Waals surface area contributed by atoms with Gasteiger partial charge < -0.3 is 4.74 Å². The number of carbonyl (C=O) groups is 1. The zero-order chi connectivity index (χ0) is 14.5. The molecule has 20 heavy (non-hydrogen) atoms. The Morgan fingerprint density at radius 1 is 1.25 bits per heavy atom. The van der Waals surface area contributed by atoms with Crippen molar-refractivity contribution in [1.29, 1.82) is 5.26 Å². The highest BCUT2D eigenvalue weighted by Crippen LogP contribution is 2.18. The standard InChI is InChI=1S/C16H12FNO2/c1-11-2-5-13(6-3-11)15(19)10-20-16-7-4-12(9-18)8-14(16)17/h2-8H,10H2,1H3. The van der Waals surface area contributed by atoms with Gasteiger partial charge >= 0.3 is 0 Å². The van der Waals surface area contributed by atoms with Crippen molar-refractivity contribution in [2.75, 3.05) is 6.61 Å². The lowest BCUT2D eigenvalue weighted by Gasteiger charge is -2.07. The van der Waals surface area contributed by atoms with Crippen LogP contribution in [0, 0.1) is 24.1 Å². The van der Waals surface area contributed by atoms with Gasteiger partial charge in [-0.2, -0.15) is 5.26 Å². The van der Waals surface area contributed by atoms with Crippen LogP contribution < -0.4 is 4.74 Å². The minimum atomic E-state index is -0.652. The quantitative estimate of drug-likeness (QED) is 0.800. The SMILES string of the molecule is Cc1ccc(C(=O)COc2ccc(C#N)cc2F)cc1. The van der Waals surface area contributed by atoms with Crippen LogP contribution in [0.2, 0.25) is 0 Å². The highest BCUT2D eigenvalue weighted by atomic mass is 19.1. The Morgan fingerprint density at radius 3 is 2.55 bits per heavy atom. The molecule has 0 amide bonds. The molecule has 0 saturated carbocycles. The van der Waals surface area contributed by atoms with Crippen LogP contribution in [0.1, 0.15) is 21.5 Å². The Kier molecular flexibility index (Phi) is 4.11. The maximum absolute atomic E-state index is 13.6. The van der Waals surface area contributed by atoms with Crippen molar-refractivity contribution < 1.29 is 13.9 Å². The number of ketones is 1. The third kappa shape index (κ3) is 3.21. The zero-order valence-electron chi connectivity index (χ0n) is 10.9. The molecular weight excluding hydrogens is 257 g/mol. The van der Waals surface area contributed by atoms with Gasteiger partial charge in [0.1, 0.15) is 0 Å². The number of carbonyl (C=O) groups excluding carboxylic acids is 1. The van der Waals surface area contributed by atoms with Crippen LogP contribution >= 0.6 is 0 Å². The van der Waals surface area contributed by atoms with E-state index in [4.69, 9.17) is 10.00 Å². The molecule has 2 rings (SSSR count). The van der Waals surface area contributed by atoms with E-state index in [2.05, 4.69) is 0 Å². The van der Waals surface area contributed by atoms with E-state index >= 15 is 0 Å². The van der Waals surface area contributed by atoms with Crippen molar-refractivity contribution in [1.82, 2.24) is 0 Å². The highest BCUT2D eigenvalue weighted by Gasteiger charge is 2.09. The Balaban J connectivity index is 2.04. The summed E-state index contributed by atoms with van der Waals surface area (Å²) in [6.45, 7) is 1.68. The van der Waals surface area contributed by atoms with Crippen LogP contribution in [-0.2, 0) is 0 Å². The zero-order valence-corrected chi connectivity index (χ0v) is 10.9. The number of hydrogen-bond donors (Lipinski definition) is 0. The maximum Gasteiger partial charge on any atom is 0.200 e. The van der Waals surface area contributed by atoms with Gasteiger partial charge in [-0.15, -0.1) is 0 Å². The third-order valence-corrected chi connectivity index (χ3v) is 2.79. The summed E-state index contributed by atoms with van der Waals surface area (Å²) in [6.07, 6.45) is 0. The number of nitriles is 1. The molecule has 2 aromatic rings. The van der Waals surface area contributed by atoms with E-state index in [1.54, 1.807) is 12.1 Å². The van der Waals surface area contributed by atoms with Crippen molar-refractivity contribution in [3.8, 4) is 11.8 Å². The Labute approximate surface area is 116 Å². The number of rotatable bonds is 4. The van der Waals surface area contributed by atoms with Crippen molar-refractivity contribution in [3.05, 3.63) is 65.0 Å². The molecule has 3 nitrogen and oxygen atoms in total. The van der Waals surface area contributed by atoms with Crippen LogP contribution in [0.25, 0.3) is 0 Å². The number of Topliss-reactive ketones (excluding diaryl/α,β-unsaturated/α-hetero) is 1. The van der Waals surface area contributed by atoms with E-state index < -0.39 is 5.82 Å². The summed E-state index contributed by atoms with van der Waals surface area (Å²) in [5.74, 6) is -0.918. The van der Waals surface area contributed by atoms with Gasteiger partial charge in [0.25, 0.3) is 0 Å². The van der Waals surface area contributed by atoms with E-state index in [0.717, 1.165) is 11.6 Å². The number of benzene rings is 2. The first-order valence-electron chi connectivity index (χ1n) is 6.02. The van der Waals surface area contributed by atoms with Gasteiger partial charge in [-0.3, -0.25) is 4.79 Å². The number of nitrogens with zero attached hydrogens (tertiary/aromatic N) is 1. The number of hydrogen-bond acceptors (Lipinski definition) is 3. The smallest absolute Gasteiger partial charge is 0.200 e. The van der Waals surface area contributed by atoms with E-state index in [1.165, 1.54) is 12.1 Å². The number of aryl methyl sites for hydroxylation is 1. The second-order valence-corrected chi connectivity index (χ2v) is 4.33. The van der Waals surface area contributed by atoms with Crippen molar-refractivity contribution in [2.45, 2.75) is 6.92 Å². The summed E-state index contributed by atoms with van der Waals surface area (Å²) in [6, 6.07) is 12.8. The molecule has 0 atom stereocenters. The van der Waals surface area contributed by atoms with Gasteiger partial charge in [0.05, 0.1) is 11.6 Å². The summed E-state index contributed by atoms with van der Waals surface area (Å²) < 4.78 is 18.7. The van der Waals surface area contributed by atoms with Crippen LogP contribution in [0.15, 0.2) is 42.5 Å². The average molecular weight is 269 g/mol. The van der Waals surface area contributed by atoms with Gasteiger partial charge in [0.2, 0.25) is 0 Å². The molecule has 0 aliphatic heterocycles. The molecule has 0 saturated heterocycles. The first kappa shape index (κ1) is 13.8. The van der Waals surface area contributed by atoms with Gasteiger partial charge in [-0.05, 0) is 25.1 Å². The lowest BCUT2D eigenvalue weighted by molar-refractivity contribution is 0.0919. The van der Waals surface area contributed by atoms with E-state index in [-0.39, 0.29) is 23.7 Å². The lowest BCUT2D eigenvalue weighted by Crippen LogP contribution is -2.12. The predicted molar refractivity (Wildman–Crippen MR) is 72.1 cm³/mol. The second-order valence-electron chi connectivity index (χ2n) is 4.33. The lowest BCUT2D eigenvalue weighted by atomic mass is 10.1. The van der Waals surface area contributed by atoms with Gasteiger partial charge in [0, 0.05) is 5.56 Å². The minimum Gasteiger partial charge on any atom is -0.482 e. The largest absolute Gasteiger partial charge is 0.482 e. The Bertz CT molecular complexity index is 672. The van der Waals surface area contributed by atoms with Gasteiger partial charge in [0.15, 0.2) is 24.0 Å². The molecule has 0 aliphatic carbocycles. The maximum atomic E-state index is 13.6. The first-order valence-corrected chi connectivity index (χ1v) is 6.02. The number of halogens is 1. The summed E-state index contributed by atoms with van der Waals surface area (Å²) in [5.41, 5.74) is 1.78. The van der Waals surface area contributed by atoms with E-state index in [0.29, 0.717) is 5.56 Å². The summed E-state index contributed by atoms with van der Waals surface area (Å²) in [5, 5.41) is 8.63. The monoisotopic (exact) mass is 269 g/mol. The summed E-state index contributed by atoms with van der Waals surface area (Å²) in [7, 11) is 0. The normalized spacial score (nSPS) is 9.85. The van der Waals surface area contributed by atoms with Gasteiger partial charge in [-0.1, -0.05) is 29.8 Å². The fourth-order valence-electron chi connectivity index (χ4n) is 1.65. The summed E-state index contributed by atoms with van der Waals surface area (Å²) >= 11 is 0. The van der Waals surface area contributed by atoms with Crippen LogP contribution in [0.4, 0.5) is 4.39 Å². The molecule has 0 heterocycles. The fourth-order valence-corrected chi connectivity index (χ4v) is 1.65. The predicted octanol–water partition coefficient (Wildman–Crippen LogP) is 3.27. The molecule has 0 bridgehead atoms. The second kappa shape index (κ2) is 5.98. The topological polar surface area (TPSA) is 50.1 Å². The molecule has 100 valence electrons. The highest BCUT2D eigenvalue weighted by molar-refractivity contribution is 5.97.